The summed E-state index contributed by atoms with van der Waals surface area (Å²) in [6.45, 7) is 10.0. The van der Waals surface area contributed by atoms with Crippen molar-refractivity contribution in [1.82, 2.24) is 24.9 Å². The molecule has 1 fully saturated rings. The molecule has 7 heteroatoms. The van der Waals surface area contributed by atoms with Crippen molar-refractivity contribution in [3.63, 3.8) is 0 Å². The molecule has 1 unspecified atom stereocenters. The van der Waals surface area contributed by atoms with E-state index in [1.54, 1.807) is 0 Å². The number of nitrogens with one attached hydrogen (secondary N) is 1. The lowest BCUT2D eigenvalue weighted by Crippen LogP contribution is -2.52. The van der Waals surface area contributed by atoms with Gasteiger partial charge in [0.25, 0.3) is 0 Å². The van der Waals surface area contributed by atoms with Gasteiger partial charge in [0.2, 0.25) is 0 Å². The molecule has 5 rings (SSSR count). The van der Waals surface area contributed by atoms with Gasteiger partial charge in [0, 0.05) is 55.6 Å². The van der Waals surface area contributed by atoms with Crippen molar-refractivity contribution in [2.24, 2.45) is 4.99 Å². The summed E-state index contributed by atoms with van der Waals surface area (Å²) < 4.78 is 1.31. The summed E-state index contributed by atoms with van der Waals surface area (Å²) in [5.74, 6) is 1.14. The molecule has 1 saturated heterocycles. The monoisotopic (exact) mass is 556 g/mol. The van der Waals surface area contributed by atoms with Crippen molar-refractivity contribution in [2.75, 3.05) is 39.4 Å². The SMILES string of the molecule is CCCN1C=C2C(=NC(N3CCNCC3)N2Cc2ccccc2I)N(Cc2ccccc2)C1. The van der Waals surface area contributed by atoms with Gasteiger partial charge < -0.3 is 20.0 Å². The average molecular weight is 556 g/mol. The summed E-state index contributed by atoms with van der Waals surface area (Å²) in [7, 11) is 0. The van der Waals surface area contributed by atoms with Crippen molar-refractivity contribution >= 4 is 28.4 Å². The lowest BCUT2D eigenvalue weighted by Gasteiger charge is -2.40. The smallest absolute Gasteiger partial charge is 0.181 e. The van der Waals surface area contributed by atoms with Crippen LogP contribution in [-0.4, -0.2) is 71.1 Å². The molecule has 2 aromatic rings. The van der Waals surface area contributed by atoms with Crippen LogP contribution in [0.15, 0.2) is 71.5 Å². The summed E-state index contributed by atoms with van der Waals surface area (Å²) in [6, 6.07) is 19.5. The van der Waals surface area contributed by atoms with Crippen molar-refractivity contribution in [3.8, 4) is 0 Å². The highest BCUT2D eigenvalue weighted by Gasteiger charge is 2.40. The first-order valence-corrected chi connectivity index (χ1v) is 13.1. The fourth-order valence-electron chi connectivity index (χ4n) is 4.89. The highest BCUT2D eigenvalue weighted by Crippen LogP contribution is 2.32. The number of amidine groups is 1. The summed E-state index contributed by atoms with van der Waals surface area (Å²) in [5.41, 5.74) is 3.94. The van der Waals surface area contributed by atoms with Gasteiger partial charge >= 0.3 is 0 Å². The van der Waals surface area contributed by atoms with Crippen LogP contribution in [0.3, 0.4) is 0 Å². The molecule has 3 aliphatic rings. The third kappa shape index (κ3) is 5.05. The third-order valence-electron chi connectivity index (χ3n) is 6.52. The molecule has 33 heavy (non-hydrogen) atoms. The Morgan fingerprint density at radius 3 is 2.52 bits per heavy atom. The lowest BCUT2D eigenvalue weighted by atomic mass is 10.1. The zero-order valence-corrected chi connectivity index (χ0v) is 21.5. The maximum atomic E-state index is 5.38. The average Bonchev–Trinajstić information content (AvgIpc) is 3.21. The first kappa shape index (κ1) is 22.7. The molecule has 1 N–H and O–H groups in total. The van der Waals surface area contributed by atoms with E-state index < -0.39 is 0 Å². The largest absolute Gasteiger partial charge is 0.358 e. The van der Waals surface area contributed by atoms with Gasteiger partial charge in [0.1, 0.15) is 0 Å². The number of hydrogen-bond donors (Lipinski definition) is 1. The molecular formula is C26H33IN6. The number of benzene rings is 2. The number of hydrogen-bond acceptors (Lipinski definition) is 6. The zero-order valence-electron chi connectivity index (χ0n) is 19.3. The fraction of sp³-hybridized carbons (Fsp3) is 0.423. The Labute approximate surface area is 211 Å². The quantitative estimate of drug-likeness (QED) is 0.527. The van der Waals surface area contributed by atoms with Crippen LogP contribution in [0, 0.1) is 3.57 Å². The van der Waals surface area contributed by atoms with Gasteiger partial charge in [-0.25, -0.2) is 4.99 Å². The molecule has 1 atom stereocenters. The van der Waals surface area contributed by atoms with Crippen molar-refractivity contribution in [2.45, 2.75) is 32.7 Å². The van der Waals surface area contributed by atoms with Crippen LogP contribution >= 0.6 is 22.6 Å². The molecule has 0 bridgehead atoms. The zero-order chi connectivity index (χ0) is 22.6. The summed E-state index contributed by atoms with van der Waals surface area (Å²) in [6.07, 6.45) is 3.54. The van der Waals surface area contributed by atoms with Gasteiger partial charge in [-0.15, -0.1) is 0 Å². The molecule has 0 aromatic heterocycles. The van der Waals surface area contributed by atoms with E-state index in [2.05, 4.69) is 115 Å². The number of nitrogens with zero attached hydrogens (tertiary/aromatic N) is 5. The second kappa shape index (κ2) is 10.4. The molecule has 3 aliphatic heterocycles. The predicted molar refractivity (Wildman–Crippen MR) is 142 cm³/mol. The summed E-state index contributed by atoms with van der Waals surface area (Å²) in [5, 5.41) is 3.50. The maximum Gasteiger partial charge on any atom is 0.181 e. The summed E-state index contributed by atoms with van der Waals surface area (Å²) in [4.78, 5) is 15.4. The highest BCUT2D eigenvalue weighted by molar-refractivity contribution is 14.1. The molecule has 174 valence electrons. The van der Waals surface area contributed by atoms with Crippen LogP contribution < -0.4 is 5.32 Å². The number of fused-ring (bicyclic) bond motifs is 1. The van der Waals surface area contributed by atoms with E-state index in [0.29, 0.717) is 0 Å². The van der Waals surface area contributed by atoms with E-state index >= 15 is 0 Å². The first-order valence-electron chi connectivity index (χ1n) is 12.0. The molecule has 6 nitrogen and oxygen atoms in total. The van der Waals surface area contributed by atoms with Gasteiger partial charge in [-0.05, 0) is 46.2 Å². The maximum absolute atomic E-state index is 5.38. The Morgan fingerprint density at radius 1 is 1.00 bits per heavy atom. The van der Waals surface area contributed by atoms with Crippen molar-refractivity contribution < 1.29 is 0 Å². The second-order valence-corrected chi connectivity index (χ2v) is 10.1. The number of piperazine rings is 1. The van der Waals surface area contributed by atoms with E-state index in [-0.39, 0.29) is 6.29 Å². The van der Waals surface area contributed by atoms with Gasteiger partial charge in [-0.2, -0.15) is 0 Å². The van der Waals surface area contributed by atoms with Crippen molar-refractivity contribution in [3.05, 3.63) is 81.2 Å². The number of halogens is 1. The Bertz CT molecular complexity index is 1000. The van der Waals surface area contributed by atoms with Gasteiger partial charge in [0.05, 0.1) is 12.4 Å². The molecular weight excluding hydrogens is 523 g/mol. The van der Waals surface area contributed by atoms with E-state index in [4.69, 9.17) is 4.99 Å². The molecule has 0 saturated carbocycles. The standard InChI is InChI=1S/C26H33IN6/c1-2-14-30-19-24-25(32(20-30)17-21-8-4-3-5-9-21)29-26(31-15-12-28-13-16-31)33(24)18-22-10-6-7-11-23(22)27/h3-11,19,26,28H,2,12-18,20H2,1H3. The number of aliphatic imine (C=N–C) groups is 1. The van der Waals surface area contributed by atoms with E-state index in [9.17, 15) is 0 Å². The fourth-order valence-corrected chi connectivity index (χ4v) is 5.45. The summed E-state index contributed by atoms with van der Waals surface area (Å²) >= 11 is 2.46. The Hall–Kier alpha value is -2.10. The number of rotatable bonds is 7. The normalized spacial score (nSPS) is 21.2. The highest BCUT2D eigenvalue weighted by atomic mass is 127. The van der Waals surface area contributed by atoms with Crippen LogP contribution in [0.25, 0.3) is 0 Å². The Balaban J connectivity index is 1.50. The molecule has 2 aromatic carbocycles. The molecule has 0 aliphatic carbocycles. The lowest BCUT2D eigenvalue weighted by molar-refractivity contribution is 0.0695. The van der Waals surface area contributed by atoms with Gasteiger partial charge in [-0.3, -0.25) is 4.90 Å². The first-order chi connectivity index (χ1) is 16.2. The van der Waals surface area contributed by atoms with Crippen LogP contribution in [0.5, 0.6) is 0 Å². The Kier molecular flexibility index (Phi) is 7.18. The molecule has 0 amide bonds. The van der Waals surface area contributed by atoms with E-state index in [1.807, 2.05) is 0 Å². The van der Waals surface area contributed by atoms with Crippen LogP contribution in [0.4, 0.5) is 0 Å². The third-order valence-corrected chi connectivity index (χ3v) is 7.57. The molecule has 0 spiro atoms. The molecule has 0 radical (unpaired) electrons. The van der Waals surface area contributed by atoms with Gasteiger partial charge in [-0.1, -0.05) is 55.5 Å². The predicted octanol–water partition coefficient (Wildman–Crippen LogP) is 3.72. The minimum absolute atomic E-state index is 0.0456. The minimum Gasteiger partial charge on any atom is -0.358 e. The van der Waals surface area contributed by atoms with Crippen molar-refractivity contribution in [1.29, 1.82) is 0 Å². The van der Waals surface area contributed by atoms with Crippen LogP contribution in [-0.2, 0) is 13.1 Å². The van der Waals surface area contributed by atoms with Gasteiger partial charge in [0.15, 0.2) is 12.1 Å². The Morgan fingerprint density at radius 2 is 1.76 bits per heavy atom. The topological polar surface area (TPSA) is 37.4 Å². The minimum atomic E-state index is 0.0456. The second-order valence-electron chi connectivity index (χ2n) is 8.96. The van der Waals surface area contributed by atoms with E-state index in [1.165, 1.54) is 20.4 Å². The van der Waals surface area contributed by atoms with E-state index in [0.717, 1.165) is 64.7 Å². The van der Waals surface area contributed by atoms with Crippen LogP contribution in [0.1, 0.15) is 24.5 Å². The molecule has 3 heterocycles. The van der Waals surface area contributed by atoms with Crippen LogP contribution in [0.2, 0.25) is 0 Å².